The second-order valence-corrected chi connectivity index (χ2v) is 6.43. The maximum atomic E-state index is 10.9. The van der Waals surface area contributed by atoms with E-state index in [1.165, 1.54) is 7.11 Å². The Balaban J connectivity index is 0.000000385. The topological polar surface area (TPSA) is 60.4 Å². The summed E-state index contributed by atoms with van der Waals surface area (Å²) in [5.74, 6) is -0.407. The van der Waals surface area contributed by atoms with Gasteiger partial charge in [0.1, 0.15) is 0 Å². The Labute approximate surface area is 107 Å². The van der Waals surface area contributed by atoms with Gasteiger partial charge in [0.25, 0.3) is 0 Å². The Morgan fingerprint density at radius 2 is 1.69 bits per heavy atom. The molecule has 0 amide bonds. The van der Waals surface area contributed by atoms with Crippen LogP contribution in [0.4, 0.5) is 0 Å². The van der Waals surface area contributed by atoms with E-state index >= 15 is 0 Å². The molecule has 1 rings (SSSR count). The van der Waals surface area contributed by atoms with E-state index < -0.39 is 14.2 Å². The molecule has 0 radical (unpaired) electrons. The summed E-state index contributed by atoms with van der Waals surface area (Å²) < 4.78 is 22.8. The van der Waals surface area contributed by atoms with E-state index in [0.29, 0.717) is 10.6 Å². The fourth-order valence-electron chi connectivity index (χ4n) is 0.737. The van der Waals surface area contributed by atoms with E-state index in [0.717, 1.165) is 0 Å². The van der Waals surface area contributed by atoms with Crippen LogP contribution in [-0.2, 0) is 13.0 Å². The number of carbonyl (C=O) groups excluding carboxylic acids is 1. The highest BCUT2D eigenvalue weighted by molar-refractivity contribution is 8.31. The van der Waals surface area contributed by atoms with Gasteiger partial charge in [-0.3, -0.25) is 0 Å². The number of ether oxygens (including phenoxy) is 1. The van der Waals surface area contributed by atoms with E-state index in [-0.39, 0.29) is 0 Å². The number of esters is 1. The van der Waals surface area contributed by atoms with Crippen LogP contribution in [0.5, 0.6) is 0 Å². The van der Waals surface area contributed by atoms with Crippen LogP contribution in [0.15, 0.2) is 24.3 Å². The number of carbonyl (C=O) groups is 1. The number of benzene rings is 1. The van der Waals surface area contributed by atoms with Crippen LogP contribution in [0, 0.1) is 0 Å². The van der Waals surface area contributed by atoms with Crippen molar-refractivity contribution < 1.29 is 17.9 Å². The SMILES string of the molecule is COC(=O)c1ccccc1Cl.O=S(=O)(Cl)Cl. The number of methoxy groups -OCH3 is 1. The molecule has 0 fully saturated rings. The fourth-order valence-corrected chi connectivity index (χ4v) is 0.950. The van der Waals surface area contributed by atoms with Gasteiger partial charge in [0.05, 0.1) is 17.7 Å². The molecule has 0 N–H and O–H groups in total. The van der Waals surface area contributed by atoms with Crippen molar-refractivity contribution in [2.24, 2.45) is 0 Å². The third-order valence-electron chi connectivity index (χ3n) is 1.28. The Morgan fingerprint density at radius 3 is 2.06 bits per heavy atom. The van der Waals surface area contributed by atoms with Gasteiger partial charge < -0.3 is 4.74 Å². The molecule has 0 aliphatic rings. The molecule has 0 atom stereocenters. The summed E-state index contributed by atoms with van der Waals surface area (Å²) >= 11 is 5.70. The molecular weight excluding hydrogens is 299 g/mol. The maximum absolute atomic E-state index is 10.9. The van der Waals surface area contributed by atoms with Gasteiger partial charge in [-0.2, -0.15) is 8.42 Å². The Kier molecular flexibility index (Phi) is 6.74. The van der Waals surface area contributed by atoms with E-state index in [2.05, 4.69) is 26.1 Å². The molecule has 0 unspecified atom stereocenters. The molecule has 0 aliphatic heterocycles. The van der Waals surface area contributed by atoms with Crippen molar-refractivity contribution in [2.45, 2.75) is 0 Å². The van der Waals surface area contributed by atoms with Crippen molar-refractivity contribution in [3.05, 3.63) is 34.9 Å². The second kappa shape index (κ2) is 6.96. The summed E-state index contributed by atoms with van der Waals surface area (Å²) in [5, 5.41) is 0.416. The molecule has 16 heavy (non-hydrogen) atoms. The van der Waals surface area contributed by atoms with E-state index in [9.17, 15) is 4.79 Å². The van der Waals surface area contributed by atoms with Crippen LogP contribution >= 0.6 is 33.0 Å². The molecular formula is C8H7Cl3O4S. The first kappa shape index (κ1) is 15.5. The van der Waals surface area contributed by atoms with Crippen LogP contribution in [0.25, 0.3) is 0 Å². The first-order valence-electron chi connectivity index (χ1n) is 3.72. The summed E-state index contributed by atoms with van der Waals surface area (Å²) in [4.78, 5) is 10.9. The largest absolute Gasteiger partial charge is 0.465 e. The van der Waals surface area contributed by atoms with Crippen LogP contribution in [0.3, 0.4) is 0 Å². The Hall–Kier alpha value is -0.490. The van der Waals surface area contributed by atoms with E-state index in [4.69, 9.17) is 20.0 Å². The molecule has 90 valence electrons. The lowest BCUT2D eigenvalue weighted by atomic mass is 10.2. The summed E-state index contributed by atoms with van der Waals surface area (Å²) in [7, 11) is 6.14. The number of rotatable bonds is 1. The monoisotopic (exact) mass is 304 g/mol. The van der Waals surface area contributed by atoms with Crippen molar-refractivity contribution in [1.82, 2.24) is 0 Å². The molecule has 0 saturated carbocycles. The minimum atomic E-state index is -3.72. The Morgan fingerprint density at radius 1 is 1.25 bits per heavy atom. The first-order valence-corrected chi connectivity index (χ1v) is 7.24. The zero-order valence-corrected chi connectivity index (χ0v) is 11.1. The molecule has 0 bridgehead atoms. The average Bonchev–Trinajstić information content (AvgIpc) is 2.15. The van der Waals surface area contributed by atoms with Crippen LogP contribution < -0.4 is 0 Å². The van der Waals surface area contributed by atoms with Gasteiger partial charge in [-0.05, 0) is 12.1 Å². The second-order valence-electron chi connectivity index (χ2n) is 2.35. The van der Waals surface area contributed by atoms with Crippen molar-refractivity contribution in [2.75, 3.05) is 7.11 Å². The molecule has 0 aromatic heterocycles. The molecule has 0 saturated heterocycles. The highest BCUT2D eigenvalue weighted by atomic mass is 36.0. The van der Waals surface area contributed by atoms with E-state index in [1.807, 2.05) is 0 Å². The molecule has 0 aliphatic carbocycles. The molecule has 8 heteroatoms. The smallest absolute Gasteiger partial charge is 0.339 e. The number of hydrogen-bond donors (Lipinski definition) is 0. The quantitative estimate of drug-likeness (QED) is 0.591. The minimum absolute atomic E-state index is 0.400. The Bertz CT molecular complexity index is 450. The van der Waals surface area contributed by atoms with Gasteiger partial charge in [0, 0.05) is 21.4 Å². The van der Waals surface area contributed by atoms with Crippen LogP contribution in [0.2, 0.25) is 5.02 Å². The maximum Gasteiger partial charge on any atom is 0.339 e. The summed E-state index contributed by atoms with van der Waals surface area (Å²) in [6.45, 7) is 0. The molecule has 4 nitrogen and oxygen atoms in total. The minimum Gasteiger partial charge on any atom is -0.465 e. The van der Waals surface area contributed by atoms with Crippen molar-refractivity contribution in [1.29, 1.82) is 0 Å². The number of halogens is 3. The zero-order valence-electron chi connectivity index (χ0n) is 7.98. The lowest BCUT2D eigenvalue weighted by Crippen LogP contribution is -2.01. The molecule has 1 aromatic carbocycles. The predicted octanol–water partition coefficient (Wildman–Crippen LogP) is 2.84. The zero-order chi connectivity index (χ0) is 12.8. The van der Waals surface area contributed by atoms with Crippen LogP contribution in [-0.4, -0.2) is 21.5 Å². The fraction of sp³-hybridized carbons (Fsp3) is 0.125. The third kappa shape index (κ3) is 7.76. The normalized spacial score (nSPS) is 10.0. The van der Waals surface area contributed by atoms with Gasteiger partial charge >= 0.3 is 14.2 Å². The van der Waals surface area contributed by atoms with Crippen molar-refractivity contribution in [3.8, 4) is 0 Å². The molecule has 0 spiro atoms. The van der Waals surface area contributed by atoms with Gasteiger partial charge in [-0.25, -0.2) is 4.79 Å². The van der Waals surface area contributed by atoms with Gasteiger partial charge in [-0.15, -0.1) is 0 Å². The lowest BCUT2D eigenvalue weighted by molar-refractivity contribution is 0.0601. The average molecular weight is 306 g/mol. The van der Waals surface area contributed by atoms with Gasteiger partial charge in [-0.1, -0.05) is 23.7 Å². The van der Waals surface area contributed by atoms with Crippen molar-refractivity contribution in [3.63, 3.8) is 0 Å². The highest BCUT2D eigenvalue weighted by Gasteiger charge is 2.07. The van der Waals surface area contributed by atoms with Crippen molar-refractivity contribution >= 4 is 47.2 Å². The standard InChI is InChI=1S/C8H7ClO2.Cl2O2S/c1-11-8(10)6-4-2-3-5-7(6)9;1-5(2,3)4/h2-5H,1H3;. The van der Waals surface area contributed by atoms with Gasteiger partial charge in [0.2, 0.25) is 0 Å². The highest BCUT2D eigenvalue weighted by Crippen LogP contribution is 2.15. The molecule has 1 aromatic rings. The lowest BCUT2D eigenvalue weighted by Gasteiger charge is -1.99. The first-order chi connectivity index (χ1) is 7.25. The number of hydrogen-bond acceptors (Lipinski definition) is 4. The van der Waals surface area contributed by atoms with Gasteiger partial charge in [0.15, 0.2) is 0 Å². The summed E-state index contributed by atoms with van der Waals surface area (Å²) in [6, 6.07) is 6.76. The summed E-state index contributed by atoms with van der Waals surface area (Å²) in [6.07, 6.45) is 0. The third-order valence-corrected chi connectivity index (χ3v) is 1.61. The predicted molar refractivity (Wildman–Crippen MR) is 63.4 cm³/mol. The summed E-state index contributed by atoms with van der Waals surface area (Å²) in [5.41, 5.74) is 0.400. The van der Waals surface area contributed by atoms with Crippen LogP contribution in [0.1, 0.15) is 10.4 Å². The van der Waals surface area contributed by atoms with E-state index in [1.54, 1.807) is 24.3 Å². The molecule has 0 heterocycles.